The predicted molar refractivity (Wildman–Crippen MR) is 138 cm³/mol. The van der Waals surface area contributed by atoms with Crippen LogP contribution in [0.2, 0.25) is 0 Å². The van der Waals surface area contributed by atoms with Crippen LogP contribution in [0, 0.1) is 5.92 Å². The smallest absolute Gasteiger partial charge is 0.362 e. The first-order valence-corrected chi connectivity index (χ1v) is 13.9. The number of carbonyl (C=O) groups excluding carboxylic acids is 2. The number of oxime groups is 1. The van der Waals surface area contributed by atoms with Gasteiger partial charge in [0.15, 0.2) is 29.0 Å². The molecule has 1 aliphatic heterocycles. The van der Waals surface area contributed by atoms with E-state index < -0.39 is 57.7 Å². The summed E-state index contributed by atoms with van der Waals surface area (Å²) >= 11 is 0.991. The van der Waals surface area contributed by atoms with Gasteiger partial charge in [0.25, 0.3) is 0 Å². The van der Waals surface area contributed by atoms with Gasteiger partial charge in [0.2, 0.25) is 11.5 Å². The molecule has 1 amide bonds. The van der Waals surface area contributed by atoms with Crippen molar-refractivity contribution in [3.05, 3.63) is 41.8 Å². The number of ketones is 1. The minimum absolute atomic E-state index is 0.0131. The van der Waals surface area contributed by atoms with Crippen molar-refractivity contribution < 1.29 is 41.9 Å². The molecule has 0 radical (unpaired) electrons. The molecule has 1 fully saturated rings. The number of pyridine rings is 1. The van der Waals surface area contributed by atoms with Crippen LogP contribution >= 0.6 is 11.3 Å². The maximum absolute atomic E-state index is 13.3. The Hall–Kier alpha value is -4.29. The molecule has 16 nitrogen and oxygen atoms in total. The van der Waals surface area contributed by atoms with Crippen molar-refractivity contribution in [3.63, 3.8) is 0 Å². The highest BCUT2D eigenvalue weighted by atomic mass is 32.2. The molecule has 1 saturated heterocycles. The van der Waals surface area contributed by atoms with Gasteiger partial charge in [-0.1, -0.05) is 10.4 Å². The fraction of sp³-hybridized carbons (Fsp3) is 0.364. The first-order chi connectivity index (χ1) is 18.7. The third-order valence-electron chi connectivity index (χ3n) is 6.05. The number of anilines is 1. The lowest BCUT2D eigenvalue weighted by molar-refractivity contribution is -0.671. The zero-order valence-corrected chi connectivity index (χ0v) is 23.0. The van der Waals surface area contributed by atoms with Gasteiger partial charge < -0.3 is 15.7 Å². The zero-order valence-electron chi connectivity index (χ0n) is 21.4. The number of nitrogens with zero attached hydrogens (tertiary/aromatic N) is 7. The second-order valence-corrected chi connectivity index (χ2v) is 11.6. The second-order valence-electron chi connectivity index (χ2n) is 9.41. The van der Waals surface area contributed by atoms with Gasteiger partial charge in [-0.15, -0.1) is 16.4 Å². The molecule has 4 rings (SSSR count). The number of hydrogen-bond acceptors (Lipinski definition) is 12. The van der Waals surface area contributed by atoms with E-state index in [1.165, 1.54) is 30.1 Å². The summed E-state index contributed by atoms with van der Waals surface area (Å²) in [5, 5.41) is 22.6. The van der Waals surface area contributed by atoms with Gasteiger partial charge in [0, 0.05) is 29.5 Å². The lowest BCUT2D eigenvalue weighted by Crippen LogP contribution is -2.64. The minimum atomic E-state index is -4.95. The molecule has 3 aromatic rings. The number of β-lactam (4-membered cyclic amide) rings is 1. The Balaban J connectivity index is 1.59. The lowest BCUT2D eigenvalue weighted by Gasteiger charge is -2.43. The summed E-state index contributed by atoms with van der Waals surface area (Å²) in [6.45, 7) is 2.22. The molecule has 0 bridgehead atoms. The Morgan fingerprint density at radius 2 is 1.98 bits per heavy atom. The van der Waals surface area contributed by atoms with E-state index in [1.54, 1.807) is 24.5 Å². The van der Waals surface area contributed by atoms with Gasteiger partial charge in [-0.3, -0.25) is 14.1 Å². The van der Waals surface area contributed by atoms with Crippen LogP contribution in [0.4, 0.5) is 5.13 Å². The largest absolute Gasteiger partial charge is 0.478 e. The molecule has 2 atom stereocenters. The van der Waals surface area contributed by atoms with Crippen LogP contribution in [0.15, 0.2) is 41.3 Å². The Morgan fingerprint density at radius 1 is 1.30 bits per heavy atom. The SMILES string of the molecule is C[n+]1ccc(-c2cn(C[C@@H]3[C@H](CC(=O)/C(=N\OC(C)(C)C(=O)O)c4csc(N)n4)C(=O)N3S(=O)(=O)O)nn2)cc1. The van der Waals surface area contributed by atoms with Gasteiger partial charge in [0.05, 0.1) is 24.7 Å². The van der Waals surface area contributed by atoms with Crippen molar-refractivity contribution in [2.24, 2.45) is 18.1 Å². The number of nitrogens with two attached hydrogens (primary N) is 1. The predicted octanol–water partition coefficient (Wildman–Crippen LogP) is -0.319. The van der Waals surface area contributed by atoms with Crippen LogP contribution < -0.4 is 10.3 Å². The number of rotatable bonds is 11. The van der Waals surface area contributed by atoms with E-state index in [1.807, 2.05) is 11.6 Å². The zero-order chi connectivity index (χ0) is 29.4. The minimum Gasteiger partial charge on any atom is -0.478 e. The van der Waals surface area contributed by atoms with Crippen LogP contribution in [0.25, 0.3) is 11.3 Å². The van der Waals surface area contributed by atoms with Crippen molar-refractivity contribution in [2.45, 2.75) is 38.5 Å². The molecule has 0 saturated carbocycles. The highest BCUT2D eigenvalue weighted by Gasteiger charge is 2.54. The first kappa shape index (κ1) is 28.7. The number of aliphatic carboxylic acids is 1. The number of carbonyl (C=O) groups is 3. The fourth-order valence-electron chi connectivity index (χ4n) is 3.80. The van der Waals surface area contributed by atoms with E-state index in [2.05, 4.69) is 20.5 Å². The summed E-state index contributed by atoms with van der Waals surface area (Å²) in [5.74, 6) is -4.36. The molecule has 3 aromatic heterocycles. The molecule has 0 spiro atoms. The number of Topliss-reactive ketones (excluding diaryl/α,β-unsaturated/α-hetero) is 1. The monoisotopic (exact) mass is 593 g/mol. The Labute approximate surface area is 231 Å². The number of carboxylic acid groups (broad SMARTS) is 1. The van der Waals surface area contributed by atoms with Crippen LogP contribution in [0.1, 0.15) is 26.0 Å². The van der Waals surface area contributed by atoms with Crippen molar-refractivity contribution in [3.8, 4) is 11.3 Å². The summed E-state index contributed by atoms with van der Waals surface area (Å²) in [7, 11) is -3.11. The molecule has 40 heavy (non-hydrogen) atoms. The topological polar surface area (TPSA) is 224 Å². The van der Waals surface area contributed by atoms with Crippen LogP contribution in [0.5, 0.6) is 0 Å². The average Bonchev–Trinajstić information content (AvgIpc) is 3.51. The van der Waals surface area contributed by atoms with E-state index in [9.17, 15) is 32.5 Å². The van der Waals surface area contributed by atoms with Crippen LogP contribution in [0.3, 0.4) is 0 Å². The Kier molecular flexibility index (Phi) is 7.68. The second kappa shape index (κ2) is 10.7. The van der Waals surface area contributed by atoms with Crippen LogP contribution in [-0.2, 0) is 43.1 Å². The lowest BCUT2D eigenvalue weighted by atomic mass is 9.84. The number of amides is 1. The summed E-state index contributed by atoms with van der Waals surface area (Å²) in [6, 6.07) is 2.41. The number of aryl methyl sites for hydroxylation is 1. The quantitative estimate of drug-likeness (QED) is 0.0855. The van der Waals surface area contributed by atoms with Gasteiger partial charge in [0.1, 0.15) is 18.4 Å². The first-order valence-electron chi connectivity index (χ1n) is 11.6. The standard InChI is InChI=1S/C22H24N8O8S2/c1-22(2,20(33)34)38-26-18(15-11-39-21(23)24-15)17(31)8-13-16(30(19(13)32)40(35,36)37)10-29-9-14(25-27-29)12-4-6-28(3)7-5-12/h4-7,9,11,13,16H,8,10H2,1-3H3,(H3-,23,24,33,34,35,36,37)/p+1/b26-18-/t13-,16+/m0/s1. The van der Waals surface area contributed by atoms with Crippen molar-refractivity contribution >= 4 is 50.1 Å². The summed E-state index contributed by atoms with van der Waals surface area (Å²) in [6.07, 6.45) is 4.58. The number of hydrogen-bond donors (Lipinski definition) is 3. The molecule has 0 aromatic carbocycles. The highest BCUT2D eigenvalue weighted by molar-refractivity contribution is 7.84. The Morgan fingerprint density at radius 3 is 2.55 bits per heavy atom. The number of nitrogen functional groups attached to an aromatic ring is 1. The molecule has 0 unspecified atom stereocenters. The summed E-state index contributed by atoms with van der Waals surface area (Å²) in [4.78, 5) is 46.6. The molecular formula is C22H25N8O8S2+. The fourth-order valence-corrected chi connectivity index (χ4v) is 5.26. The highest BCUT2D eigenvalue weighted by Crippen LogP contribution is 2.34. The molecule has 212 valence electrons. The van der Waals surface area contributed by atoms with Crippen LogP contribution in [-0.4, -0.2) is 77.4 Å². The third-order valence-corrected chi connectivity index (χ3v) is 7.67. The van der Waals surface area contributed by atoms with Gasteiger partial charge in [-0.2, -0.15) is 8.42 Å². The van der Waals surface area contributed by atoms with E-state index >= 15 is 0 Å². The molecule has 4 N–H and O–H groups in total. The number of aromatic nitrogens is 5. The van der Waals surface area contributed by atoms with Crippen molar-refractivity contribution in [1.82, 2.24) is 24.3 Å². The average molecular weight is 594 g/mol. The maximum Gasteiger partial charge on any atom is 0.362 e. The molecular weight excluding hydrogens is 568 g/mol. The third kappa shape index (κ3) is 5.97. The number of carboxylic acids is 1. The number of thiazole rings is 1. The van der Waals surface area contributed by atoms with Gasteiger partial charge >= 0.3 is 16.3 Å². The summed E-state index contributed by atoms with van der Waals surface area (Å²) in [5.41, 5.74) is 4.66. The van der Waals surface area contributed by atoms with Crippen molar-refractivity contribution in [1.29, 1.82) is 0 Å². The molecule has 18 heteroatoms. The molecule has 1 aliphatic rings. The van der Waals surface area contributed by atoms with E-state index in [0.717, 1.165) is 16.9 Å². The Bertz CT molecular complexity index is 1600. The molecule has 0 aliphatic carbocycles. The van der Waals surface area contributed by atoms with E-state index in [4.69, 9.17) is 10.6 Å². The van der Waals surface area contributed by atoms with Crippen molar-refractivity contribution in [2.75, 3.05) is 5.73 Å². The summed E-state index contributed by atoms with van der Waals surface area (Å²) < 4.78 is 37.0. The normalized spacial score (nSPS) is 17.9. The van der Waals surface area contributed by atoms with E-state index in [-0.39, 0.29) is 21.7 Å². The van der Waals surface area contributed by atoms with Gasteiger partial charge in [-0.25, -0.2) is 23.3 Å². The maximum atomic E-state index is 13.3. The van der Waals surface area contributed by atoms with E-state index in [0.29, 0.717) is 5.69 Å². The van der Waals surface area contributed by atoms with Gasteiger partial charge in [-0.05, 0) is 13.8 Å². The molecule has 4 heterocycles.